The maximum atomic E-state index is 3.54. The highest BCUT2D eigenvalue weighted by molar-refractivity contribution is 5.27. The van der Waals surface area contributed by atoms with Gasteiger partial charge in [0.25, 0.3) is 0 Å². The van der Waals surface area contributed by atoms with E-state index >= 15 is 0 Å². The Morgan fingerprint density at radius 3 is 2.37 bits per heavy atom. The van der Waals surface area contributed by atoms with Crippen LogP contribution in [-0.2, 0) is 6.54 Å². The topological polar surface area (TPSA) is 15.3 Å². The third-order valence-corrected chi connectivity index (χ3v) is 4.08. The molecule has 106 valence electrons. The van der Waals surface area contributed by atoms with Crippen LogP contribution >= 0.6 is 0 Å². The van der Waals surface area contributed by atoms with Crippen molar-refractivity contribution in [3.05, 3.63) is 35.4 Å². The van der Waals surface area contributed by atoms with Crippen LogP contribution in [0.3, 0.4) is 0 Å². The maximum absolute atomic E-state index is 3.54. The lowest BCUT2D eigenvalue weighted by Crippen LogP contribution is -2.27. The molecule has 0 aromatic heterocycles. The summed E-state index contributed by atoms with van der Waals surface area (Å²) in [5, 5.41) is 3.54. The molecule has 1 N–H and O–H groups in total. The normalized spacial score (nSPS) is 15.1. The molecule has 1 aromatic rings. The molecule has 1 saturated carbocycles. The Labute approximate surface area is 118 Å². The van der Waals surface area contributed by atoms with Crippen LogP contribution in [0.5, 0.6) is 0 Å². The van der Waals surface area contributed by atoms with Gasteiger partial charge >= 0.3 is 0 Å². The highest BCUT2D eigenvalue weighted by Crippen LogP contribution is 2.39. The van der Waals surface area contributed by atoms with Crippen molar-refractivity contribution in [1.29, 1.82) is 0 Å². The van der Waals surface area contributed by atoms with Crippen molar-refractivity contribution in [3.63, 3.8) is 0 Å². The summed E-state index contributed by atoms with van der Waals surface area (Å²) >= 11 is 0. The van der Waals surface area contributed by atoms with Crippen LogP contribution in [0.15, 0.2) is 24.3 Å². The summed E-state index contributed by atoms with van der Waals surface area (Å²) in [5.41, 5.74) is 2.94. The molecular formula is C17H28N2. The van der Waals surface area contributed by atoms with Gasteiger partial charge in [-0.1, -0.05) is 38.1 Å². The minimum absolute atomic E-state index is 0.871. The molecule has 1 fully saturated rings. The molecule has 1 aliphatic carbocycles. The number of hydrogen-bond donors (Lipinski definition) is 1. The van der Waals surface area contributed by atoms with Crippen LogP contribution in [0.1, 0.15) is 50.2 Å². The quantitative estimate of drug-likeness (QED) is 0.685. The maximum Gasteiger partial charge on any atom is 0.0205 e. The summed E-state index contributed by atoms with van der Waals surface area (Å²) in [6.45, 7) is 10.1. The number of hydrogen-bond acceptors (Lipinski definition) is 2. The van der Waals surface area contributed by atoms with E-state index in [1.165, 1.54) is 50.0 Å². The second-order valence-electron chi connectivity index (χ2n) is 5.57. The molecule has 1 aromatic carbocycles. The Balaban J connectivity index is 1.60. The molecule has 2 nitrogen and oxygen atoms in total. The molecule has 0 unspecified atom stereocenters. The van der Waals surface area contributed by atoms with Crippen molar-refractivity contribution in [2.75, 3.05) is 26.2 Å². The van der Waals surface area contributed by atoms with E-state index in [0.29, 0.717) is 0 Å². The SMILES string of the molecule is CCN(CC)CCCNCc1ccc(C2CC2)cc1. The van der Waals surface area contributed by atoms with E-state index in [4.69, 9.17) is 0 Å². The van der Waals surface area contributed by atoms with Crippen LogP contribution in [0, 0.1) is 0 Å². The number of benzene rings is 1. The van der Waals surface area contributed by atoms with Gasteiger partial charge in [-0.05, 0) is 62.5 Å². The highest BCUT2D eigenvalue weighted by Gasteiger charge is 2.22. The lowest BCUT2D eigenvalue weighted by Gasteiger charge is -2.17. The van der Waals surface area contributed by atoms with Gasteiger partial charge in [-0.3, -0.25) is 0 Å². The molecule has 0 atom stereocenters. The standard InChI is InChI=1S/C17H28N2/c1-3-19(4-2)13-5-12-18-14-15-6-8-16(9-7-15)17-10-11-17/h6-9,17-18H,3-5,10-14H2,1-2H3. The van der Waals surface area contributed by atoms with Crippen LogP contribution in [0.2, 0.25) is 0 Å². The van der Waals surface area contributed by atoms with Gasteiger partial charge < -0.3 is 10.2 Å². The fourth-order valence-corrected chi connectivity index (χ4v) is 2.52. The Morgan fingerprint density at radius 2 is 1.79 bits per heavy atom. The first-order valence-corrected chi connectivity index (χ1v) is 7.85. The van der Waals surface area contributed by atoms with Crippen molar-refractivity contribution in [3.8, 4) is 0 Å². The molecule has 0 bridgehead atoms. The van der Waals surface area contributed by atoms with Crippen molar-refractivity contribution in [2.24, 2.45) is 0 Å². The third-order valence-electron chi connectivity index (χ3n) is 4.08. The summed E-state index contributed by atoms with van der Waals surface area (Å²) in [4.78, 5) is 2.48. The Bertz CT molecular complexity index is 350. The van der Waals surface area contributed by atoms with E-state index < -0.39 is 0 Å². The summed E-state index contributed by atoms with van der Waals surface area (Å²) in [6, 6.07) is 9.19. The molecule has 0 saturated heterocycles. The first-order valence-electron chi connectivity index (χ1n) is 7.85. The number of rotatable bonds is 9. The summed E-state index contributed by atoms with van der Waals surface area (Å²) < 4.78 is 0. The van der Waals surface area contributed by atoms with E-state index in [1.54, 1.807) is 0 Å². The van der Waals surface area contributed by atoms with Crippen molar-refractivity contribution in [1.82, 2.24) is 10.2 Å². The fraction of sp³-hybridized carbons (Fsp3) is 0.647. The Morgan fingerprint density at radius 1 is 1.11 bits per heavy atom. The van der Waals surface area contributed by atoms with Crippen molar-refractivity contribution < 1.29 is 0 Å². The van der Waals surface area contributed by atoms with Gasteiger partial charge in [0.2, 0.25) is 0 Å². The predicted octanol–water partition coefficient (Wildman–Crippen LogP) is 3.39. The van der Waals surface area contributed by atoms with Gasteiger partial charge in [-0.15, -0.1) is 0 Å². The molecule has 1 aliphatic rings. The molecule has 0 amide bonds. The van der Waals surface area contributed by atoms with Gasteiger partial charge in [0.05, 0.1) is 0 Å². The van der Waals surface area contributed by atoms with Gasteiger partial charge in [0.15, 0.2) is 0 Å². The van der Waals surface area contributed by atoms with Crippen LogP contribution in [-0.4, -0.2) is 31.1 Å². The van der Waals surface area contributed by atoms with E-state index in [2.05, 4.69) is 48.3 Å². The molecule has 19 heavy (non-hydrogen) atoms. The van der Waals surface area contributed by atoms with Gasteiger partial charge in [-0.2, -0.15) is 0 Å². The summed E-state index contributed by atoms with van der Waals surface area (Å²) in [6.07, 6.45) is 4.02. The molecular weight excluding hydrogens is 232 g/mol. The zero-order valence-electron chi connectivity index (χ0n) is 12.5. The smallest absolute Gasteiger partial charge is 0.0205 e. The first-order chi connectivity index (χ1) is 9.33. The largest absolute Gasteiger partial charge is 0.313 e. The number of nitrogens with zero attached hydrogens (tertiary/aromatic N) is 1. The van der Waals surface area contributed by atoms with Crippen molar-refractivity contribution in [2.45, 2.75) is 45.6 Å². The zero-order valence-corrected chi connectivity index (χ0v) is 12.5. The second kappa shape index (κ2) is 7.66. The third kappa shape index (κ3) is 4.96. The molecule has 0 aliphatic heterocycles. The highest BCUT2D eigenvalue weighted by atomic mass is 15.1. The van der Waals surface area contributed by atoms with Gasteiger partial charge in [0.1, 0.15) is 0 Å². The Hall–Kier alpha value is -0.860. The Kier molecular flexibility index (Phi) is 5.87. The predicted molar refractivity (Wildman–Crippen MR) is 82.5 cm³/mol. The number of nitrogens with one attached hydrogen (secondary N) is 1. The molecule has 0 heterocycles. The second-order valence-corrected chi connectivity index (χ2v) is 5.57. The van der Waals surface area contributed by atoms with E-state index in [9.17, 15) is 0 Å². The molecule has 0 spiro atoms. The van der Waals surface area contributed by atoms with Crippen molar-refractivity contribution >= 4 is 0 Å². The molecule has 2 heteroatoms. The first kappa shape index (κ1) is 14.5. The average Bonchev–Trinajstić information content (AvgIpc) is 3.28. The minimum atomic E-state index is 0.871. The van der Waals surface area contributed by atoms with E-state index in [0.717, 1.165) is 19.0 Å². The lowest BCUT2D eigenvalue weighted by molar-refractivity contribution is 0.298. The summed E-state index contributed by atoms with van der Waals surface area (Å²) in [7, 11) is 0. The summed E-state index contributed by atoms with van der Waals surface area (Å²) in [5.74, 6) is 0.871. The van der Waals surface area contributed by atoms with Gasteiger partial charge in [-0.25, -0.2) is 0 Å². The van der Waals surface area contributed by atoms with Crippen LogP contribution in [0.25, 0.3) is 0 Å². The molecule has 0 radical (unpaired) electrons. The van der Waals surface area contributed by atoms with Crippen LogP contribution < -0.4 is 5.32 Å². The lowest BCUT2D eigenvalue weighted by atomic mass is 10.1. The van der Waals surface area contributed by atoms with E-state index in [1.807, 2.05) is 0 Å². The average molecular weight is 260 g/mol. The molecule has 2 rings (SSSR count). The fourth-order valence-electron chi connectivity index (χ4n) is 2.52. The van der Waals surface area contributed by atoms with Crippen LogP contribution in [0.4, 0.5) is 0 Å². The van der Waals surface area contributed by atoms with E-state index in [-0.39, 0.29) is 0 Å². The monoisotopic (exact) mass is 260 g/mol. The van der Waals surface area contributed by atoms with Gasteiger partial charge in [0, 0.05) is 6.54 Å². The minimum Gasteiger partial charge on any atom is -0.313 e. The zero-order chi connectivity index (χ0) is 13.5.